The van der Waals surface area contributed by atoms with E-state index < -0.39 is 24.6 Å². The van der Waals surface area contributed by atoms with E-state index in [2.05, 4.69) is 16.0 Å². The second-order valence-electron chi connectivity index (χ2n) is 8.90. The van der Waals surface area contributed by atoms with Crippen molar-refractivity contribution in [2.75, 3.05) is 12.3 Å². The number of nitrogens with one attached hydrogen (secondary N) is 3. The maximum absolute atomic E-state index is 14.2. The van der Waals surface area contributed by atoms with Gasteiger partial charge in [-0.2, -0.15) is 0 Å². The Morgan fingerprint density at radius 1 is 1.21 bits per heavy atom. The number of hydrogen-bond donors (Lipinski definition) is 3. The van der Waals surface area contributed by atoms with Crippen LogP contribution >= 0.6 is 11.8 Å². The summed E-state index contributed by atoms with van der Waals surface area (Å²) >= 11 is 1.57. The molecule has 9 heteroatoms. The van der Waals surface area contributed by atoms with Crippen LogP contribution in [0.15, 0.2) is 0 Å². The number of alkyl halides is 3. The van der Waals surface area contributed by atoms with Crippen molar-refractivity contribution in [3.05, 3.63) is 0 Å². The Kier molecular flexibility index (Phi) is 5.70. The zero-order chi connectivity index (χ0) is 20.2. The number of rotatable bonds is 3. The molecular formula is C19H28F3N3O2S. The quantitative estimate of drug-likeness (QED) is 0.645. The number of thioether (sulfide) groups is 1. The van der Waals surface area contributed by atoms with Crippen molar-refractivity contribution in [3.63, 3.8) is 0 Å². The van der Waals surface area contributed by atoms with Gasteiger partial charge in [0.1, 0.15) is 18.1 Å². The highest BCUT2D eigenvalue weighted by atomic mass is 32.2. The lowest BCUT2D eigenvalue weighted by Crippen LogP contribution is -2.57. The first kappa shape index (κ1) is 20.5. The van der Waals surface area contributed by atoms with Gasteiger partial charge in [0.2, 0.25) is 5.91 Å². The number of ketones is 1. The highest BCUT2D eigenvalue weighted by Gasteiger charge is 2.56. The molecule has 0 aromatic heterocycles. The second kappa shape index (κ2) is 7.80. The molecule has 0 aromatic carbocycles. The first-order valence-corrected chi connectivity index (χ1v) is 11.2. The monoisotopic (exact) mass is 419 g/mol. The van der Waals surface area contributed by atoms with Gasteiger partial charge >= 0.3 is 0 Å². The van der Waals surface area contributed by atoms with Crippen molar-refractivity contribution in [1.82, 2.24) is 16.0 Å². The Morgan fingerprint density at radius 3 is 2.68 bits per heavy atom. The maximum atomic E-state index is 14.2. The SMILES string of the molecule is CC(C)NC(=O)C1CSC2NC(C3CNC4C(F)C(F)C(F)CC34)CC(=O)C21. The molecule has 0 aromatic rings. The van der Waals surface area contributed by atoms with Gasteiger partial charge < -0.3 is 16.0 Å². The molecule has 5 nitrogen and oxygen atoms in total. The average molecular weight is 420 g/mol. The third-order valence-electron chi connectivity index (χ3n) is 6.76. The standard InChI is InChI=1S/C19H28F3N3O2S/c1-7(2)24-18(27)10-6-28-19-14(10)13(26)4-12(25-19)9-5-23-17-8(9)3-11(20)15(21)16(17)22/h7-12,14-17,19,23,25H,3-6H2,1-2H3,(H,24,27). The minimum atomic E-state index is -2.08. The van der Waals surface area contributed by atoms with Crippen LogP contribution in [0.2, 0.25) is 0 Å². The summed E-state index contributed by atoms with van der Waals surface area (Å²) in [5.41, 5.74) is 0. The van der Waals surface area contributed by atoms with E-state index in [1.807, 2.05) is 13.8 Å². The van der Waals surface area contributed by atoms with E-state index in [0.717, 1.165) is 0 Å². The molecule has 10 atom stereocenters. The van der Waals surface area contributed by atoms with Crippen LogP contribution in [0.3, 0.4) is 0 Å². The largest absolute Gasteiger partial charge is 0.354 e. The zero-order valence-electron chi connectivity index (χ0n) is 16.0. The fourth-order valence-corrected chi connectivity index (χ4v) is 7.03. The number of fused-ring (bicyclic) bond motifs is 2. The van der Waals surface area contributed by atoms with Gasteiger partial charge in [0.05, 0.1) is 17.2 Å². The first-order chi connectivity index (χ1) is 13.3. The molecule has 1 saturated carbocycles. The van der Waals surface area contributed by atoms with E-state index in [1.165, 1.54) is 0 Å². The van der Waals surface area contributed by atoms with Gasteiger partial charge in [0, 0.05) is 36.8 Å². The number of halogens is 3. The molecule has 28 heavy (non-hydrogen) atoms. The summed E-state index contributed by atoms with van der Waals surface area (Å²) in [6.07, 6.45) is -5.50. The van der Waals surface area contributed by atoms with Gasteiger partial charge in [0.25, 0.3) is 0 Å². The lowest BCUT2D eigenvalue weighted by molar-refractivity contribution is -0.135. The predicted molar refractivity (Wildman–Crippen MR) is 101 cm³/mol. The number of carbonyl (C=O) groups excluding carboxylic acids is 2. The summed E-state index contributed by atoms with van der Waals surface area (Å²) < 4.78 is 41.9. The van der Waals surface area contributed by atoms with Crippen molar-refractivity contribution < 1.29 is 22.8 Å². The highest BCUT2D eigenvalue weighted by molar-refractivity contribution is 8.00. The van der Waals surface area contributed by atoms with Crippen molar-refractivity contribution in [1.29, 1.82) is 0 Å². The maximum Gasteiger partial charge on any atom is 0.224 e. The van der Waals surface area contributed by atoms with Gasteiger partial charge in [-0.25, -0.2) is 13.2 Å². The second-order valence-corrected chi connectivity index (χ2v) is 10.1. The van der Waals surface area contributed by atoms with Crippen molar-refractivity contribution in [2.45, 2.75) is 68.7 Å². The van der Waals surface area contributed by atoms with E-state index >= 15 is 0 Å². The molecule has 1 aliphatic carbocycles. The van der Waals surface area contributed by atoms with Crippen LogP contribution in [-0.4, -0.2) is 66.0 Å². The molecule has 10 unspecified atom stereocenters. The lowest BCUT2D eigenvalue weighted by atomic mass is 9.72. The van der Waals surface area contributed by atoms with Crippen molar-refractivity contribution in [3.8, 4) is 0 Å². The molecule has 158 valence electrons. The zero-order valence-corrected chi connectivity index (χ0v) is 16.9. The molecule has 3 N–H and O–H groups in total. The summed E-state index contributed by atoms with van der Waals surface area (Å²) in [5, 5.41) is 9.24. The van der Waals surface area contributed by atoms with Crippen LogP contribution in [0.25, 0.3) is 0 Å². The third kappa shape index (κ3) is 3.47. The van der Waals surface area contributed by atoms with E-state index in [4.69, 9.17) is 0 Å². The minimum absolute atomic E-state index is 0.0169. The number of piperidine rings is 1. The number of amides is 1. The molecule has 4 rings (SSSR count). The van der Waals surface area contributed by atoms with Gasteiger partial charge in [-0.15, -0.1) is 11.8 Å². The molecule has 3 saturated heterocycles. The topological polar surface area (TPSA) is 70.2 Å². The first-order valence-electron chi connectivity index (χ1n) is 10.1. The summed E-state index contributed by atoms with van der Waals surface area (Å²) in [6, 6.07) is -0.876. The van der Waals surface area contributed by atoms with Crippen molar-refractivity contribution >= 4 is 23.5 Å². The normalized spacial score (nSPS) is 48.4. The number of carbonyl (C=O) groups is 2. The molecule has 3 aliphatic heterocycles. The van der Waals surface area contributed by atoms with Crippen LogP contribution in [0.5, 0.6) is 0 Å². The third-order valence-corrected chi connectivity index (χ3v) is 8.10. The molecule has 0 bridgehead atoms. The summed E-state index contributed by atoms with van der Waals surface area (Å²) in [6.45, 7) is 4.22. The van der Waals surface area contributed by atoms with Crippen molar-refractivity contribution in [2.24, 2.45) is 23.7 Å². The summed E-state index contributed by atoms with van der Waals surface area (Å²) in [4.78, 5) is 25.4. The Balaban J connectivity index is 1.44. The molecular weight excluding hydrogens is 391 g/mol. The van der Waals surface area contributed by atoms with Crippen LogP contribution in [0, 0.1) is 23.7 Å². The van der Waals surface area contributed by atoms with E-state index in [-0.39, 0.29) is 65.7 Å². The van der Waals surface area contributed by atoms with Gasteiger partial charge in [-0.05, 0) is 32.1 Å². The molecule has 1 amide bonds. The van der Waals surface area contributed by atoms with Crippen LogP contribution in [-0.2, 0) is 9.59 Å². The van der Waals surface area contributed by atoms with Crippen LogP contribution in [0.1, 0.15) is 26.7 Å². The smallest absolute Gasteiger partial charge is 0.224 e. The molecule has 0 spiro atoms. The Hall–Kier alpha value is -0.800. The van der Waals surface area contributed by atoms with E-state index in [0.29, 0.717) is 12.3 Å². The molecule has 0 radical (unpaired) electrons. The number of Topliss-reactive ketones (excluding diaryl/α,β-unsaturated/α-hetero) is 1. The minimum Gasteiger partial charge on any atom is -0.354 e. The Labute approximate surface area is 167 Å². The molecule has 4 aliphatic rings. The molecule has 3 heterocycles. The Bertz CT molecular complexity index is 640. The predicted octanol–water partition coefficient (Wildman–Crippen LogP) is 1.37. The van der Waals surface area contributed by atoms with Crippen LogP contribution < -0.4 is 16.0 Å². The summed E-state index contributed by atoms with van der Waals surface area (Å²) in [5.74, 6) is -0.633. The fourth-order valence-electron chi connectivity index (χ4n) is 5.44. The molecule has 4 fully saturated rings. The van der Waals surface area contributed by atoms with Gasteiger partial charge in [-0.3, -0.25) is 9.59 Å². The highest BCUT2D eigenvalue weighted by Crippen LogP contribution is 2.45. The van der Waals surface area contributed by atoms with Crippen LogP contribution in [0.4, 0.5) is 13.2 Å². The summed E-state index contributed by atoms with van der Waals surface area (Å²) in [7, 11) is 0. The van der Waals surface area contributed by atoms with E-state index in [9.17, 15) is 22.8 Å². The Morgan fingerprint density at radius 2 is 1.96 bits per heavy atom. The van der Waals surface area contributed by atoms with Gasteiger partial charge in [-0.1, -0.05) is 0 Å². The average Bonchev–Trinajstić information content (AvgIpc) is 3.23. The number of hydrogen-bond acceptors (Lipinski definition) is 5. The fraction of sp³-hybridized carbons (Fsp3) is 0.895. The van der Waals surface area contributed by atoms with E-state index in [1.54, 1.807) is 11.8 Å². The lowest BCUT2D eigenvalue weighted by Gasteiger charge is -2.41. The van der Waals surface area contributed by atoms with Gasteiger partial charge in [0.15, 0.2) is 6.17 Å².